The topological polar surface area (TPSA) is 43.4 Å². The van der Waals surface area contributed by atoms with Crippen LogP contribution in [0.3, 0.4) is 0 Å². The van der Waals surface area contributed by atoms with Crippen LogP contribution >= 0.6 is 15.9 Å². The maximum atomic E-state index is 12.3. The summed E-state index contributed by atoms with van der Waals surface area (Å²) >= 11 is 4.08. The highest BCUT2D eigenvalue weighted by Crippen LogP contribution is 2.72. The van der Waals surface area contributed by atoms with Crippen LogP contribution in [-0.4, -0.2) is 28.6 Å². The molecule has 5 rings (SSSR count). The van der Waals surface area contributed by atoms with E-state index < -0.39 is 0 Å². The van der Waals surface area contributed by atoms with Crippen molar-refractivity contribution in [3.8, 4) is 0 Å². The van der Waals surface area contributed by atoms with Crippen LogP contribution in [0, 0.1) is 34.5 Å². The zero-order chi connectivity index (χ0) is 17.6. The van der Waals surface area contributed by atoms with Crippen LogP contribution in [0.15, 0.2) is 0 Å². The Morgan fingerprint density at radius 2 is 2.00 bits per heavy atom. The Hall–Kier alpha value is -0.220. The molecule has 0 N–H and O–H groups in total. The largest absolute Gasteiger partial charge is 0.376 e. The van der Waals surface area contributed by atoms with E-state index in [0.29, 0.717) is 35.7 Å². The van der Waals surface area contributed by atoms with E-state index in [1.165, 1.54) is 19.3 Å². The lowest BCUT2D eigenvalue weighted by Crippen LogP contribution is -2.63. The number of carbonyl (C=O) groups excluding carboxylic acids is 2. The third kappa shape index (κ3) is 1.91. The smallest absolute Gasteiger partial charge is 0.134 e. The van der Waals surface area contributed by atoms with Gasteiger partial charge < -0.3 is 4.74 Å². The van der Waals surface area contributed by atoms with Gasteiger partial charge in [0, 0.05) is 24.2 Å². The zero-order valence-corrected chi connectivity index (χ0v) is 16.9. The van der Waals surface area contributed by atoms with Crippen molar-refractivity contribution in [3.05, 3.63) is 0 Å². The predicted octanol–water partition coefficient (Wildman–Crippen LogP) is 4.31. The van der Waals surface area contributed by atoms with Crippen molar-refractivity contribution in [1.82, 2.24) is 0 Å². The summed E-state index contributed by atoms with van der Waals surface area (Å²) in [5.41, 5.74) is 0.337. The molecule has 2 bridgehead atoms. The van der Waals surface area contributed by atoms with Crippen molar-refractivity contribution >= 4 is 27.5 Å². The molecule has 1 saturated heterocycles. The SMILES string of the molecule is CC(=O)C1CCC2C3C[C@@H]4OC[C@@]5(CCC(=O)CC45Br)C3CC[C@]12C. The van der Waals surface area contributed by atoms with Crippen molar-refractivity contribution in [1.29, 1.82) is 0 Å². The molecular weight excluding hydrogens is 380 g/mol. The summed E-state index contributed by atoms with van der Waals surface area (Å²) in [6.07, 6.45) is 8.30. The molecule has 0 aromatic rings. The number of alkyl halides is 1. The monoisotopic (exact) mass is 408 g/mol. The maximum absolute atomic E-state index is 12.3. The van der Waals surface area contributed by atoms with Gasteiger partial charge in [0.1, 0.15) is 11.6 Å². The summed E-state index contributed by atoms with van der Waals surface area (Å²) in [5.74, 6) is 3.06. The van der Waals surface area contributed by atoms with Crippen molar-refractivity contribution in [2.45, 2.75) is 75.6 Å². The Labute approximate surface area is 158 Å². The standard InChI is InChI=1S/C21H29BrO3/c1-12(23)15-3-4-16-14-9-18-21(22)10-13(24)5-8-20(21,11-25-18)17(14)6-7-19(15,16)2/h14-18H,3-11H2,1-2H3/t14?,15?,16?,17?,18-,19+,20-,21?/m0/s1. The molecule has 25 heavy (non-hydrogen) atoms. The molecule has 3 nitrogen and oxygen atoms in total. The van der Waals surface area contributed by atoms with Gasteiger partial charge in [0.2, 0.25) is 0 Å². The van der Waals surface area contributed by atoms with Crippen LogP contribution in [0.4, 0.5) is 0 Å². The van der Waals surface area contributed by atoms with Crippen LogP contribution in [0.25, 0.3) is 0 Å². The van der Waals surface area contributed by atoms with Gasteiger partial charge in [-0.3, -0.25) is 9.59 Å². The molecule has 8 atom stereocenters. The lowest BCUT2D eigenvalue weighted by molar-refractivity contribution is -0.136. The Kier molecular flexibility index (Phi) is 3.51. The van der Waals surface area contributed by atoms with Crippen LogP contribution < -0.4 is 0 Å². The second-order valence-corrected chi connectivity index (χ2v) is 11.3. The highest BCUT2D eigenvalue weighted by atomic mass is 79.9. The van der Waals surface area contributed by atoms with E-state index in [-0.39, 0.29) is 27.2 Å². The number of fused-ring (bicyclic) bond motifs is 3. The Morgan fingerprint density at radius 1 is 1.20 bits per heavy atom. The zero-order valence-electron chi connectivity index (χ0n) is 15.4. The summed E-state index contributed by atoms with van der Waals surface area (Å²) in [6, 6.07) is 0. The molecule has 5 fully saturated rings. The molecule has 1 heterocycles. The normalized spacial score (nSPS) is 56.9. The maximum Gasteiger partial charge on any atom is 0.134 e. The van der Waals surface area contributed by atoms with Gasteiger partial charge in [0.15, 0.2) is 0 Å². The first-order valence-electron chi connectivity index (χ1n) is 10.1. The van der Waals surface area contributed by atoms with Gasteiger partial charge in [0.25, 0.3) is 0 Å². The molecule has 5 unspecified atom stereocenters. The predicted molar refractivity (Wildman–Crippen MR) is 98.5 cm³/mol. The Bertz CT molecular complexity index is 647. The fourth-order valence-corrected chi connectivity index (χ4v) is 9.44. The average Bonchev–Trinajstić information content (AvgIpc) is 2.97. The van der Waals surface area contributed by atoms with Gasteiger partial charge in [0.05, 0.1) is 17.0 Å². The first-order chi connectivity index (χ1) is 11.8. The van der Waals surface area contributed by atoms with E-state index in [9.17, 15) is 9.59 Å². The molecule has 4 saturated carbocycles. The third-order valence-electron chi connectivity index (χ3n) is 9.31. The van der Waals surface area contributed by atoms with E-state index in [1.807, 2.05) is 0 Å². The van der Waals surface area contributed by atoms with Crippen LogP contribution in [0.5, 0.6) is 0 Å². The van der Waals surface area contributed by atoms with E-state index in [1.54, 1.807) is 6.92 Å². The van der Waals surface area contributed by atoms with E-state index in [2.05, 4.69) is 22.9 Å². The molecule has 0 aromatic heterocycles. The lowest BCUT2D eigenvalue weighted by Gasteiger charge is -2.61. The van der Waals surface area contributed by atoms with E-state index in [4.69, 9.17) is 4.74 Å². The second-order valence-electron chi connectivity index (χ2n) is 9.93. The number of Topliss-reactive ketones (excluding diaryl/α,β-unsaturated/α-hetero) is 2. The Morgan fingerprint density at radius 3 is 2.76 bits per heavy atom. The molecule has 5 aliphatic rings. The lowest BCUT2D eigenvalue weighted by atomic mass is 9.44. The molecule has 1 aliphatic heterocycles. The van der Waals surface area contributed by atoms with Crippen LogP contribution in [-0.2, 0) is 14.3 Å². The minimum atomic E-state index is -0.122. The summed E-state index contributed by atoms with van der Waals surface area (Å²) in [5, 5.41) is 0. The van der Waals surface area contributed by atoms with Crippen molar-refractivity contribution in [3.63, 3.8) is 0 Å². The number of hydrogen-bond acceptors (Lipinski definition) is 3. The fourth-order valence-electron chi connectivity index (χ4n) is 8.20. The molecular formula is C21H29BrO3. The number of carbonyl (C=O) groups is 2. The minimum Gasteiger partial charge on any atom is -0.376 e. The fraction of sp³-hybridized carbons (Fsp3) is 0.905. The Balaban J connectivity index is 1.53. The first-order valence-corrected chi connectivity index (χ1v) is 10.9. The molecule has 4 aliphatic carbocycles. The van der Waals surface area contributed by atoms with E-state index >= 15 is 0 Å². The van der Waals surface area contributed by atoms with Gasteiger partial charge in [-0.1, -0.05) is 22.9 Å². The highest BCUT2D eigenvalue weighted by Gasteiger charge is 2.72. The number of ketones is 2. The summed E-state index contributed by atoms with van der Waals surface area (Å²) in [7, 11) is 0. The summed E-state index contributed by atoms with van der Waals surface area (Å²) in [6.45, 7) is 5.03. The third-order valence-corrected chi connectivity index (χ3v) is 10.9. The van der Waals surface area contributed by atoms with Gasteiger partial charge >= 0.3 is 0 Å². The molecule has 0 spiro atoms. The minimum absolute atomic E-state index is 0.122. The molecule has 138 valence electrons. The van der Waals surface area contributed by atoms with Gasteiger partial charge in [-0.05, 0) is 68.6 Å². The van der Waals surface area contributed by atoms with Gasteiger partial charge in [-0.15, -0.1) is 0 Å². The highest BCUT2D eigenvalue weighted by molar-refractivity contribution is 9.10. The van der Waals surface area contributed by atoms with Gasteiger partial charge in [-0.2, -0.15) is 0 Å². The quantitative estimate of drug-likeness (QED) is 0.607. The van der Waals surface area contributed by atoms with Crippen LogP contribution in [0.1, 0.15) is 65.2 Å². The first kappa shape index (κ1) is 16.9. The number of halogens is 1. The number of rotatable bonds is 1. The summed E-state index contributed by atoms with van der Waals surface area (Å²) < 4.78 is 6.23. The molecule has 0 amide bonds. The van der Waals surface area contributed by atoms with Crippen molar-refractivity contribution in [2.24, 2.45) is 34.5 Å². The van der Waals surface area contributed by atoms with Gasteiger partial charge in [-0.25, -0.2) is 0 Å². The van der Waals surface area contributed by atoms with E-state index in [0.717, 1.165) is 32.3 Å². The summed E-state index contributed by atoms with van der Waals surface area (Å²) in [4.78, 5) is 24.5. The molecule has 0 aromatic carbocycles. The van der Waals surface area contributed by atoms with Crippen molar-refractivity contribution in [2.75, 3.05) is 6.61 Å². The number of ether oxygens (including phenoxy) is 1. The van der Waals surface area contributed by atoms with Crippen LogP contribution in [0.2, 0.25) is 0 Å². The average molecular weight is 409 g/mol. The molecule has 0 radical (unpaired) electrons. The second kappa shape index (κ2) is 5.19. The number of hydrogen-bond donors (Lipinski definition) is 0. The molecule has 4 heteroatoms. The van der Waals surface area contributed by atoms with Crippen molar-refractivity contribution < 1.29 is 14.3 Å².